The van der Waals surface area contributed by atoms with Crippen LogP contribution in [0, 0.1) is 5.92 Å². The number of anilines is 1. The van der Waals surface area contributed by atoms with Crippen molar-refractivity contribution in [3.63, 3.8) is 0 Å². The third-order valence-corrected chi connectivity index (χ3v) is 11.6. The van der Waals surface area contributed by atoms with Gasteiger partial charge in [0, 0.05) is 31.7 Å². The van der Waals surface area contributed by atoms with Crippen LogP contribution in [0.2, 0.25) is 0 Å². The second-order valence-corrected chi connectivity index (χ2v) is 17.7. The summed E-state index contributed by atoms with van der Waals surface area (Å²) in [6, 6.07) is 6.85. The summed E-state index contributed by atoms with van der Waals surface area (Å²) < 4.78 is 5.45. The molecule has 8 atom stereocenters. The van der Waals surface area contributed by atoms with E-state index < -0.39 is 95.7 Å². The molecule has 2 aliphatic heterocycles. The van der Waals surface area contributed by atoms with Gasteiger partial charge in [0.1, 0.15) is 42.3 Å². The van der Waals surface area contributed by atoms with Crippen LogP contribution < -0.4 is 64.6 Å². The molecular formula is C47H72N12O10. The number of amides is 8. The average molecular weight is 965 g/mol. The molecule has 2 saturated heterocycles. The number of hydrogen-bond donors (Lipinski definition) is 12. The SMILES string of the molecule is CC(C)C[C@@H]1NC(=O)[C@@H](Cc2ccccc2)NC(=O)[C@H](CCN)NC(=O)[C@@H](NC(=O)Cc2ccc(N3CCOCC3)cc2)CCNC(=O)[C@H]([C@@H](C)O)NC(=O)[C@H](CCN)NC(=O)[C@H](CCN)NC1=O. The highest BCUT2D eigenvalue weighted by Gasteiger charge is 2.35. The van der Waals surface area contributed by atoms with Gasteiger partial charge in [0.15, 0.2) is 0 Å². The molecule has 2 aliphatic rings. The Morgan fingerprint density at radius 2 is 1.14 bits per heavy atom. The van der Waals surface area contributed by atoms with E-state index in [2.05, 4.69) is 47.4 Å². The van der Waals surface area contributed by atoms with Crippen LogP contribution in [0.15, 0.2) is 54.6 Å². The standard InChI is InChI=1S/C47H72N12O10/c1-28(2)25-37-45(66)55-33(13-17-48)41(62)54-35(15-19-50)44(65)58-40(29(3)60)47(68)51-20-16-36(52-39(61)27-31-9-11-32(12-10-31)59-21-23-69-24-22-59)43(64)53-34(14-18-49)42(63)57-38(46(67)56-37)26-30-7-5-4-6-8-30/h4-12,28-29,33-38,40,60H,13-27,48-50H2,1-3H3,(H,51,68)(H,52,61)(H,53,64)(H,54,62)(H,55,66)(H,56,67)(H,57,63)(H,58,65)/t29-,33+,34+,35+,36+,37+,38-,40+/m1/s1. The fourth-order valence-electron chi connectivity index (χ4n) is 7.88. The molecular weight excluding hydrogens is 893 g/mol. The maximum atomic E-state index is 14.3. The Morgan fingerprint density at radius 3 is 1.68 bits per heavy atom. The first-order chi connectivity index (χ1) is 33.0. The Hall–Kier alpha value is -6.20. The molecule has 0 saturated carbocycles. The van der Waals surface area contributed by atoms with Gasteiger partial charge in [-0.1, -0.05) is 56.3 Å². The van der Waals surface area contributed by atoms with E-state index in [1.165, 1.54) is 6.92 Å². The van der Waals surface area contributed by atoms with Crippen LogP contribution in [0.5, 0.6) is 0 Å². The minimum atomic E-state index is -1.56. The molecule has 2 aromatic rings. The summed E-state index contributed by atoms with van der Waals surface area (Å²) in [6.45, 7) is 7.09. The van der Waals surface area contributed by atoms with Gasteiger partial charge in [0.2, 0.25) is 47.3 Å². The second kappa shape index (κ2) is 28.3. The van der Waals surface area contributed by atoms with Crippen molar-refractivity contribution < 1.29 is 48.2 Å². The molecule has 380 valence electrons. The highest BCUT2D eigenvalue weighted by Crippen LogP contribution is 2.17. The highest BCUT2D eigenvalue weighted by atomic mass is 16.5. The summed E-state index contributed by atoms with van der Waals surface area (Å²) in [6.07, 6.45) is -1.97. The summed E-state index contributed by atoms with van der Waals surface area (Å²) in [5.41, 5.74) is 19.9. The maximum Gasteiger partial charge on any atom is 0.245 e. The Kier molecular flexibility index (Phi) is 22.7. The van der Waals surface area contributed by atoms with E-state index in [1.54, 1.807) is 42.5 Å². The monoisotopic (exact) mass is 965 g/mol. The van der Waals surface area contributed by atoms with Gasteiger partial charge in [-0.25, -0.2) is 0 Å². The first kappa shape index (κ1) is 55.4. The summed E-state index contributed by atoms with van der Waals surface area (Å²) in [4.78, 5) is 114. The number of hydrogen-bond acceptors (Lipinski definition) is 14. The molecule has 0 spiro atoms. The zero-order chi connectivity index (χ0) is 50.5. The minimum Gasteiger partial charge on any atom is -0.391 e. The number of carbonyl (C=O) groups is 8. The van der Waals surface area contributed by atoms with Crippen molar-refractivity contribution in [3.8, 4) is 0 Å². The molecule has 22 heteroatoms. The zero-order valence-corrected chi connectivity index (χ0v) is 39.8. The van der Waals surface area contributed by atoms with Gasteiger partial charge in [-0.05, 0) is 87.8 Å². The predicted octanol–water partition coefficient (Wildman–Crippen LogP) is -3.30. The molecule has 2 aromatic carbocycles. The van der Waals surface area contributed by atoms with E-state index >= 15 is 0 Å². The first-order valence-electron chi connectivity index (χ1n) is 23.7. The summed E-state index contributed by atoms with van der Waals surface area (Å²) >= 11 is 0. The molecule has 69 heavy (non-hydrogen) atoms. The lowest BCUT2D eigenvalue weighted by Gasteiger charge is -2.29. The molecule has 15 N–H and O–H groups in total. The lowest BCUT2D eigenvalue weighted by molar-refractivity contribution is -0.136. The second-order valence-electron chi connectivity index (χ2n) is 17.7. The molecule has 0 aliphatic carbocycles. The number of ether oxygens (including phenoxy) is 1. The van der Waals surface area contributed by atoms with Gasteiger partial charge in [-0.3, -0.25) is 38.4 Å². The van der Waals surface area contributed by atoms with Crippen molar-refractivity contribution >= 4 is 52.9 Å². The van der Waals surface area contributed by atoms with Gasteiger partial charge in [0.25, 0.3) is 0 Å². The quantitative estimate of drug-likeness (QED) is 0.0833. The number of morpholine rings is 1. The van der Waals surface area contributed by atoms with Crippen molar-refractivity contribution in [1.82, 2.24) is 42.5 Å². The van der Waals surface area contributed by atoms with E-state index in [0.29, 0.717) is 24.3 Å². The smallest absolute Gasteiger partial charge is 0.245 e. The zero-order valence-electron chi connectivity index (χ0n) is 39.8. The van der Waals surface area contributed by atoms with Crippen LogP contribution >= 0.6 is 0 Å². The van der Waals surface area contributed by atoms with E-state index in [9.17, 15) is 43.5 Å². The van der Waals surface area contributed by atoms with Crippen molar-refractivity contribution in [2.75, 3.05) is 57.4 Å². The molecule has 2 heterocycles. The van der Waals surface area contributed by atoms with Crippen LogP contribution in [0.25, 0.3) is 0 Å². The van der Waals surface area contributed by atoms with Crippen LogP contribution in [-0.4, -0.2) is 153 Å². The Morgan fingerprint density at radius 1 is 0.652 bits per heavy atom. The molecule has 0 aromatic heterocycles. The molecule has 2 fully saturated rings. The van der Waals surface area contributed by atoms with Gasteiger partial charge >= 0.3 is 0 Å². The Labute approximate surface area is 403 Å². The van der Waals surface area contributed by atoms with Gasteiger partial charge in [-0.2, -0.15) is 0 Å². The fourth-order valence-corrected chi connectivity index (χ4v) is 7.88. The molecule has 22 nitrogen and oxygen atoms in total. The maximum absolute atomic E-state index is 14.3. The number of aliphatic hydroxyl groups is 1. The average Bonchev–Trinajstić information content (AvgIpc) is 3.32. The lowest BCUT2D eigenvalue weighted by Crippen LogP contribution is -2.61. The number of carbonyl (C=O) groups excluding carboxylic acids is 8. The van der Waals surface area contributed by atoms with Crippen molar-refractivity contribution in [2.24, 2.45) is 23.1 Å². The lowest BCUT2D eigenvalue weighted by atomic mass is 10.00. The number of benzene rings is 2. The predicted molar refractivity (Wildman–Crippen MR) is 257 cm³/mol. The molecule has 0 bridgehead atoms. The normalized spacial score (nSPS) is 24.7. The number of rotatable bonds is 15. The topological polar surface area (TPSA) is 344 Å². The van der Waals surface area contributed by atoms with Gasteiger partial charge in [-0.15, -0.1) is 0 Å². The van der Waals surface area contributed by atoms with Crippen molar-refractivity contribution in [1.29, 1.82) is 0 Å². The van der Waals surface area contributed by atoms with Gasteiger partial charge in [0.05, 0.1) is 25.7 Å². The minimum absolute atomic E-state index is 0.0280. The number of nitrogens with one attached hydrogen (secondary N) is 8. The summed E-state index contributed by atoms with van der Waals surface area (Å²) in [7, 11) is 0. The van der Waals surface area contributed by atoms with E-state index in [4.69, 9.17) is 21.9 Å². The van der Waals surface area contributed by atoms with E-state index in [-0.39, 0.29) is 77.0 Å². The molecule has 4 rings (SSSR count). The largest absolute Gasteiger partial charge is 0.391 e. The number of nitrogens with zero attached hydrogens (tertiary/aromatic N) is 1. The third kappa shape index (κ3) is 18.0. The Balaban J connectivity index is 1.70. The molecule has 0 unspecified atom stereocenters. The fraction of sp³-hybridized carbons (Fsp3) is 0.574. The third-order valence-electron chi connectivity index (χ3n) is 11.6. The number of aliphatic hydroxyl groups excluding tert-OH is 1. The summed E-state index contributed by atoms with van der Waals surface area (Å²) in [5.74, 6) is -6.30. The van der Waals surface area contributed by atoms with E-state index in [0.717, 1.165) is 18.8 Å². The van der Waals surface area contributed by atoms with Crippen LogP contribution in [-0.2, 0) is 55.9 Å². The van der Waals surface area contributed by atoms with Gasteiger partial charge < -0.3 is 74.5 Å². The number of nitrogens with two attached hydrogens (primary N) is 3. The molecule has 8 amide bonds. The van der Waals surface area contributed by atoms with E-state index in [1.807, 2.05) is 26.0 Å². The van der Waals surface area contributed by atoms with Crippen LogP contribution in [0.3, 0.4) is 0 Å². The van der Waals surface area contributed by atoms with Crippen molar-refractivity contribution in [2.45, 2.75) is 114 Å². The first-order valence-corrected chi connectivity index (χ1v) is 23.7. The highest BCUT2D eigenvalue weighted by molar-refractivity contribution is 5.98. The Bertz CT molecular complexity index is 2020. The van der Waals surface area contributed by atoms with Crippen molar-refractivity contribution in [3.05, 3.63) is 65.7 Å². The summed E-state index contributed by atoms with van der Waals surface area (Å²) in [5, 5.41) is 31.8. The van der Waals surface area contributed by atoms with Crippen LogP contribution in [0.1, 0.15) is 64.0 Å². The van der Waals surface area contributed by atoms with Crippen LogP contribution in [0.4, 0.5) is 5.69 Å². The molecule has 0 radical (unpaired) electrons.